The number of phenols is 2. The number of fused-ring (bicyclic) bond motifs is 1. The van der Waals surface area contributed by atoms with Crippen LogP contribution in [0.1, 0.15) is 25.0 Å². The van der Waals surface area contributed by atoms with Gasteiger partial charge >= 0.3 is 0 Å². The van der Waals surface area contributed by atoms with Crippen LogP contribution in [0.4, 0.5) is 17.1 Å². The zero-order chi connectivity index (χ0) is 26.4. The number of carbonyl (C=O) groups excluding carboxylic acids is 1. The molecule has 35 heavy (non-hydrogen) atoms. The number of phenolic OH excluding ortho intramolecular Hbond substituents is 2. The van der Waals surface area contributed by atoms with Crippen molar-refractivity contribution in [3.05, 3.63) is 100 Å². The minimum absolute atomic E-state index is 0.00876. The highest BCUT2D eigenvalue weighted by Gasteiger charge is 2.09. The van der Waals surface area contributed by atoms with Crippen molar-refractivity contribution in [2.24, 2.45) is 10.2 Å². The van der Waals surface area contributed by atoms with E-state index in [1.807, 2.05) is 70.0 Å². The molecule has 0 fully saturated rings. The van der Waals surface area contributed by atoms with E-state index in [0.717, 1.165) is 16.3 Å². The van der Waals surface area contributed by atoms with Gasteiger partial charge in [-0.05, 0) is 48.6 Å². The van der Waals surface area contributed by atoms with E-state index >= 15 is 0 Å². The topological polar surface area (TPSA) is 125 Å². The molecule has 0 aliphatic heterocycles. The fourth-order valence-corrected chi connectivity index (χ4v) is 2.88. The molecule has 0 unspecified atom stereocenters. The van der Waals surface area contributed by atoms with Gasteiger partial charge in [0.25, 0.3) is 5.69 Å². The van der Waals surface area contributed by atoms with Crippen LogP contribution in [0.3, 0.4) is 0 Å². The third-order valence-electron chi connectivity index (χ3n) is 4.64. The smallest absolute Gasteiger partial charge is 0.269 e. The summed E-state index contributed by atoms with van der Waals surface area (Å²) >= 11 is 0. The van der Waals surface area contributed by atoms with Crippen LogP contribution >= 0.6 is 0 Å². The molecule has 0 amide bonds. The van der Waals surface area contributed by atoms with E-state index in [9.17, 15) is 15.2 Å². The Morgan fingerprint density at radius 1 is 0.771 bits per heavy atom. The maximum Gasteiger partial charge on any atom is 0.269 e. The van der Waals surface area contributed by atoms with Gasteiger partial charge in [-0.2, -0.15) is 5.11 Å². The van der Waals surface area contributed by atoms with Crippen molar-refractivity contribution < 1.29 is 19.9 Å². The number of aromatic hydroxyl groups is 2. The molecule has 0 radical (unpaired) electrons. The van der Waals surface area contributed by atoms with Gasteiger partial charge in [0.15, 0.2) is 0 Å². The first-order valence-corrected chi connectivity index (χ1v) is 10.8. The third-order valence-corrected chi connectivity index (χ3v) is 4.64. The highest BCUT2D eigenvalue weighted by molar-refractivity contribution is 5.95. The molecular formula is C27H29N3O5. The zero-order valence-corrected chi connectivity index (χ0v) is 20.2. The van der Waals surface area contributed by atoms with Crippen LogP contribution in [0.25, 0.3) is 10.8 Å². The van der Waals surface area contributed by atoms with Gasteiger partial charge in [-0.3, -0.25) is 10.1 Å². The number of hydrogen-bond donors (Lipinski definition) is 2. The van der Waals surface area contributed by atoms with Crippen LogP contribution in [-0.2, 0) is 4.79 Å². The molecule has 182 valence electrons. The molecule has 4 aromatic carbocycles. The van der Waals surface area contributed by atoms with Crippen molar-refractivity contribution in [2.75, 3.05) is 0 Å². The van der Waals surface area contributed by atoms with E-state index in [1.54, 1.807) is 31.2 Å². The fourth-order valence-electron chi connectivity index (χ4n) is 2.88. The van der Waals surface area contributed by atoms with Crippen LogP contribution < -0.4 is 0 Å². The molecule has 0 spiro atoms. The quantitative estimate of drug-likeness (QED) is 0.178. The molecule has 0 aliphatic rings. The van der Waals surface area contributed by atoms with Gasteiger partial charge in [0, 0.05) is 17.5 Å². The number of nitrogens with zero attached hydrogens (tertiary/aromatic N) is 3. The lowest BCUT2D eigenvalue weighted by Crippen LogP contribution is -1.87. The summed E-state index contributed by atoms with van der Waals surface area (Å²) in [5, 5.41) is 39.7. The fraction of sp³-hybridized carbons (Fsp3) is 0.148. The maximum absolute atomic E-state index is 10.8. The molecule has 4 aromatic rings. The molecule has 2 N–H and O–H groups in total. The summed E-state index contributed by atoms with van der Waals surface area (Å²) in [6.45, 7) is 9.60. The van der Waals surface area contributed by atoms with Gasteiger partial charge in [-0.25, -0.2) is 0 Å². The molecule has 0 atom stereocenters. The molecule has 0 bridgehead atoms. The molecule has 8 nitrogen and oxygen atoms in total. The second-order valence-corrected chi connectivity index (χ2v) is 6.87. The van der Waals surface area contributed by atoms with E-state index in [4.69, 9.17) is 9.90 Å². The Labute approximate surface area is 204 Å². The lowest BCUT2D eigenvalue weighted by atomic mass is 10.1. The van der Waals surface area contributed by atoms with Crippen molar-refractivity contribution in [3.63, 3.8) is 0 Å². The van der Waals surface area contributed by atoms with E-state index in [1.165, 1.54) is 12.1 Å². The van der Waals surface area contributed by atoms with Gasteiger partial charge < -0.3 is 15.0 Å². The number of carbonyl (C=O) groups is 1. The number of aryl methyl sites for hydroxylation is 2. The van der Waals surface area contributed by atoms with Crippen molar-refractivity contribution in [1.82, 2.24) is 0 Å². The predicted molar refractivity (Wildman–Crippen MR) is 139 cm³/mol. The lowest BCUT2D eigenvalue weighted by molar-refractivity contribution is -0.384. The van der Waals surface area contributed by atoms with E-state index in [-0.39, 0.29) is 11.4 Å². The SMILES string of the molecule is C=O.CC.Cc1cc([N+](=O)[O-])ccc1N=Nc1c(O)ccc2ccccc12.Cc1ccccc1O. The number of non-ortho nitro benzene ring substituents is 1. The van der Waals surface area contributed by atoms with E-state index < -0.39 is 4.92 Å². The largest absolute Gasteiger partial charge is 0.508 e. The summed E-state index contributed by atoms with van der Waals surface area (Å²) in [6, 6.07) is 22.5. The van der Waals surface area contributed by atoms with Crippen molar-refractivity contribution in [3.8, 4) is 11.5 Å². The molecule has 4 rings (SSSR count). The Morgan fingerprint density at radius 3 is 1.97 bits per heavy atom. The minimum Gasteiger partial charge on any atom is -0.508 e. The Bertz CT molecular complexity index is 1270. The van der Waals surface area contributed by atoms with E-state index in [0.29, 0.717) is 22.7 Å². The monoisotopic (exact) mass is 475 g/mol. The molecule has 0 aromatic heterocycles. The predicted octanol–water partition coefficient (Wildman–Crippen LogP) is 7.72. The second kappa shape index (κ2) is 14.5. The van der Waals surface area contributed by atoms with Crippen LogP contribution in [0.5, 0.6) is 11.5 Å². The number of benzene rings is 4. The summed E-state index contributed by atoms with van der Waals surface area (Å²) < 4.78 is 0. The summed E-state index contributed by atoms with van der Waals surface area (Å²) in [6.07, 6.45) is 0. The van der Waals surface area contributed by atoms with Gasteiger partial charge in [-0.1, -0.05) is 62.4 Å². The highest BCUT2D eigenvalue weighted by atomic mass is 16.6. The van der Waals surface area contributed by atoms with Crippen molar-refractivity contribution >= 4 is 34.6 Å². The average molecular weight is 476 g/mol. The van der Waals surface area contributed by atoms with Crippen LogP contribution in [0.2, 0.25) is 0 Å². The first-order chi connectivity index (χ1) is 16.9. The van der Waals surface area contributed by atoms with Gasteiger partial charge in [-0.15, -0.1) is 5.11 Å². The molecule has 0 aliphatic carbocycles. The number of hydrogen-bond acceptors (Lipinski definition) is 7. The Balaban J connectivity index is 0.000000427. The Hall–Kier alpha value is -4.59. The molecule has 8 heteroatoms. The number of para-hydroxylation sites is 1. The molecule has 0 saturated heterocycles. The second-order valence-electron chi connectivity index (χ2n) is 6.87. The van der Waals surface area contributed by atoms with Crippen molar-refractivity contribution in [2.45, 2.75) is 27.7 Å². The third kappa shape index (κ3) is 8.04. The molecular weight excluding hydrogens is 446 g/mol. The number of azo groups is 1. The average Bonchev–Trinajstić information content (AvgIpc) is 2.88. The molecule has 0 saturated carbocycles. The van der Waals surface area contributed by atoms with Crippen LogP contribution in [0, 0.1) is 24.0 Å². The lowest BCUT2D eigenvalue weighted by Gasteiger charge is -2.04. The summed E-state index contributed by atoms with van der Waals surface area (Å²) in [7, 11) is 0. The summed E-state index contributed by atoms with van der Waals surface area (Å²) in [5.41, 5.74) is 2.47. The van der Waals surface area contributed by atoms with Crippen LogP contribution in [-0.4, -0.2) is 21.9 Å². The summed E-state index contributed by atoms with van der Waals surface area (Å²) in [5.74, 6) is 0.402. The van der Waals surface area contributed by atoms with Crippen LogP contribution in [0.15, 0.2) is 89.1 Å². The first kappa shape index (κ1) is 28.4. The first-order valence-electron chi connectivity index (χ1n) is 10.8. The number of nitro benzene ring substituents is 1. The van der Waals surface area contributed by atoms with Crippen molar-refractivity contribution in [1.29, 1.82) is 0 Å². The normalized spacial score (nSPS) is 9.71. The Morgan fingerprint density at radius 2 is 1.40 bits per heavy atom. The minimum atomic E-state index is -0.454. The maximum atomic E-state index is 10.8. The number of rotatable bonds is 3. The van der Waals surface area contributed by atoms with Gasteiger partial charge in [0.1, 0.15) is 24.0 Å². The summed E-state index contributed by atoms with van der Waals surface area (Å²) in [4.78, 5) is 18.3. The zero-order valence-electron chi connectivity index (χ0n) is 20.2. The standard InChI is InChI=1S/C17H13N3O3.C7H8O.C2H6.CH2O/c1-11-10-13(20(22)23)7-8-15(11)18-19-17-14-5-3-2-4-12(14)6-9-16(17)21;1-6-4-2-3-5-7(6)8;2*1-2/h2-10,21H,1H3;2-5,8H,1H3;1-2H3;1H2. The van der Waals surface area contributed by atoms with E-state index in [2.05, 4.69) is 10.2 Å². The number of nitro groups is 1. The van der Waals surface area contributed by atoms with Gasteiger partial charge in [0.2, 0.25) is 0 Å². The van der Waals surface area contributed by atoms with Gasteiger partial charge in [0.05, 0.1) is 10.6 Å². The Kier molecular flexibility index (Phi) is 11.8. The highest BCUT2D eigenvalue weighted by Crippen LogP contribution is 2.36. The molecule has 0 heterocycles.